The highest BCUT2D eigenvalue weighted by molar-refractivity contribution is 5.98. The van der Waals surface area contributed by atoms with Crippen LogP contribution in [-0.4, -0.2) is 46.5 Å². The third-order valence-electron chi connectivity index (χ3n) is 7.07. The summed E-state index contributed by atoms with van der Waals surface area (Å²) >= 11 is 0. The Kier molecular flexibility index (Phi) is 5.43. The van der Waals surface area contributed by atoms with Crippen molar-refractivity contribution in [1.82, 2.24) is 9.80 Å². The highest BCUT2D eigenvalue weighted by Crippen LogP contribution is 2.36. The first-order chi connectivity index (χ1) is 13.1. The third kappa shape index (κ3) is 3.60. The molecule has 4 rings (SSSR count). The van der Waals surface area contributed by atoms with E-state index >= 15 is 0 Å². The quantitative estimate of drug-likeness (QED) is 0.737. The van der Waals surface area contributed by atoms with Gasteiger partial charge in [-0.05, 0) is 71.6 Å². The molecule has 0 amide bonds. The summed E-state index contributed by atoms with van der Waals surface area (Å²) < 4.78 is 0. The van der Waals surface area contributed by atoms with Crippen molar-refractivity contribution in [3.63, 3.8) is 0 Å². The molecule has 0 N–H and O–H groups in total. The van der Waals surface area contributed by atoms with E-state index in [4.69, 9.17) is 0 Å². The molecule has 4 heteroatoms. The van der Waals surface area contributed by atoms with Gasteiger partial charge in [0.05, 0.1) is 0 Å². The third-order valence-corrected chi connectivity index (χ3v) is 7.07. The summed E-state index contributed by atoms with van der Waals surface area (Å²) in [5.41, 5.74) is 4.97. The summed E-state index contributed by atoms with van der Waals surface area (Å²) in [5.74, 6) is 0.794. The summed E-state index contributed by atoms with van der Waals surface area (Å²) in [7, 11) is 0. The molecule has 2 heterocycles. The monoisotopic (exact) mass is 370 g/mol. The van der Waals surface area contributed by atoms with Gasteiger partial charge < -0.3 is 9.80 Å². The fraction of sp³-hybridized carbons (Fsp3) is 0.739. The van der Waals surface area contributed by atoms with Gasteiger partial charge in [0.25, 0.3) is 0 Å². The normalized spacial score (nSPS) is 29.3. The van der Waals surface area contributed by atoms with Crippen molar-refractivity contribution in [1.29, 1.82) is 0 Å². The lowest BCUT2D eigenvalue weighted by atomic mass is 9.85. The van der Waals surface area contributed by atoms with Crippen molar-refractivity contribution in [2.24, 2.45) is 0 Å². The molecule has 0 radical (unpaired) electrons. The minimum absolute atomic E-state index is 0.333. The van der Waals surface area contributed by atoms with E-state index in [1.807, 2.05) is 0 Å². The Labute approximate surface area is 163 Å². The lowest BCUT2D eigenvalue weighted by Gasteiger charge is -2.43. The number of nitrogens with zero attached hydrogens (tertiary/aromatic N) is 2. The number of carbonyl (C=O) groups is 2. The number of Topliss-reactive ketones (excluding diaryl/α,β-unsaturated/α-hetero) is 2. The molecule has 2 unspecified atom stereocenters. The zero-order valence-corrected chi connectivity index (χ0v) is 17.1. The topological polar surface area (TPSA) is 40.6 Å². The highest BCUT2D eigenvalue weighted by Gasteiger charge is 2.34. The molecular weight excluding hydrogens is 336 g/mol. The van der Waals surface area contributed by atoms with E-state index in [2.05, 4.69) is 23.6 Å². The smallest absolute Gasteiger partial charge is 0.162 e. The molecule has 27 heavy (non-hydrogen) atoms. The van der Waals surface area contributed by atoms with E-state index in [9.17, 15) is 9.59 Å². The minimum atomic E-state index is 0.333. The molecule has 0 bridgehead atoms. The second kappa shape index (κ2) is 7.81. The Balaban J connectivity index is 1.44. The first kappa shape index (κ1) is 18.8. The van der Waals surface area contributed by atoms with Crippen LogP contribution in [0.15, 0.2) is 22.5 Å². The summed E-state index contributed by atoms with van der Waals surface area (Å²) in [6, 6.07) is 0.665. The van der Waals surface area contributed by atoms with Gasteiger partial charge in [-0.15, -0.1) is 0 Å². The fourth-order valence-corrected chi connectivity index (χ4v) is 5.67. The van der Waals surface area contributed by atoms with E-state index in [1.54, 1.807) is 0 Å². The fourth-order valence-electron chi connectivity index (χ4n) is 5.67. The molecule has 0 aromatic heterocycles. The van der Waals surface area contributed by atoms with Crippen LogP contribution in [0.4, 0.5) is 0 Å². The first-order valence-corrected chi connectivity index (χ1v) is 11.1. The Morgan fingerprint density at radius 3 is 1.56 bits per heavy atom. The van der Waals surface area contributed by atoms with Gasteiger partial charge in [-0.3, -0.25) is 9.59 Å². The van der Waals surface area contributed by atoms with Gasteiger partial charge in [-0.2, -0.15) is 0 Å². The zero-order valence-electron chi connectivity index (χ0n) is 17.1. The summed E-state index contributed by atoms with van der Waals surface area (Å²) in [6.07, 6.45) is 11.4. The van der Waals surface area contributed by atoms with Gasteiger partial charge >= 0.3 is 0 Å². The maximum Gasteiger partial charge on any atom is 0.162 e. The number of hydrogen-bond acceptors (Lipinski definition) is 4. The number of carbonyl (C=O) groups excluding carboxylic acids is 2. The van der Waals surface area contributed by atoms with Crippen LogP contribution in [0.25, 0.3) is 0 Å². The zero-order chi connectivity index (χ0) is 19.0. The van der Waals surface area contributed by atoms with Crippen LogP contribution in [0.1, 0.15) is 84.5 Å². The average Bonchev–Trinajstić information content (AvgIpc) is 2.66. The molecule has 148 valence electrons. The minimum Gasteiger partial charge on any atom is -0.371 e. The van der Waals surface area contributed by atoms with Crippen molar-refractivity contribution in [3.8, 4) is 0 Å². The second-order valence-corrected chi connectivity index (χ2v) is 8.96. The van der Waals surface area contributed by atoms with Crippen LogP contribution in [0.2, 0.25) is 0 Å². The van der Waals surface area contributed by atoms with E-state index in [0.29, 0.717) is 36.5 Å². The molecule has 2 atom stereocenters. The van der Waals surface area contributed by atoms with Crippen molar-refractivity contribution in [3.05, 3.63) is 22.5 Å². The van der Waals surface area contributed by atoms with Gasteiger partial charge in [-0.1, -0.05) is 0 Å². The molecule has 2 aliphatic heterocycles. The first-order valence-electron chi connectivity index (χ1n) is 11.1. The molecule has 2 aliphatic carbocycles. The van der Waals surface area contributed by atoms with Gasteiger partial charge in [0.2, 0.25) is 0 Å². The number of rotatable bonds is 4. The largest absolute Gasteiger partial charge is 0.371 e. The van der Waals surface area contributed by atoms with Gasteiger partial charge in [-0.25, -0.2) is 0 Å². The second-order valence-electron chi connectivity index (χ2n) is 8.96. The van der Waals surface area contributed by atoms with E-state index in [1.165, 1.54) is 37.1 Å². The molecule has 0 fully saturated rings. The van der Waals surface area contributed by atoms with E-state index in [0.717, 1.165) is 56.3 Å². The lowest BCUT2D eigenvalue weighted by Crippen LogP contribution is -2.44. The predicted octanol–water partition coefficient (Wildman–Crippen LogP) is 4.36. The van der Waals surface area contributed by atoms with Crippen molar-refractivity contribution < 1.29 is 9.59 Å². The standard InChI is InChI=1S/C23H34N2O2/c1-16-14-22(26)18-8-3-5-10-20(18)24(16)12-7-13-25-17(2)15-23(27)19-9-4-6-11-21(19)25/h16-17H,3-15H2,1-2H3. The van der Waals surface area contributed by atoms with Crippen LogP contribution >= 0.6 is 0 Å². The van der Waals surface area contributed by atoms with Crippen LogP contribution in [0.3, 0.4) is 0 Å². The van der Waals surface area contributed by atoms with Gasteiger partial charge in [0.15, 0.2) is 11.6 Å². The molecule has 0 spiro atoms. The predicted molar refractivity (Wildman–Crippen MR) is 107 cm³/mol. The summed E-state index contributed by atoms with van der Waals surface area (Å²) in [5, 5.41) is 0. The number of ketones is 2. The Morgan fingerprint density at radius 2 is 1.11 bits per heavy atom. The molecular formula is C23H34N2O2. The summed E-state index contributed by atoms with van der Waals surface area (Å²) in [4.78, 5) is 29.9. The molecule has 4 nitrogen and oxygen atoms in total. The maximum absolute atomic E-state index is 12.4. The van der Waals surface area contributed by atoms with Gasteiger partial charge in [0, 0.05) is 60.6 Å². The molecule has 0 aromatic carbocycles. The van der Waals surface area contributed by atoms with Crippen LogP contribution in [0, 0.1) is 0 Å². The molecule has 0 aromatic rings. The molecule has 0 saturated heterocycles. The highest BCUT2D eigenvalue weighted by atomic mass is 16.1. The van der Waals surface area contributed by atoms with Crippen molar-refractivity contribution in [2.75, 3.05) is 13.1 Å². The molecule has 0 saturated carbocycles. The Hall–Kier alpha value is -1.58. The SMILES string of the molecule is CC1CC(=O)C2=C(CCCC2)N1CCCN1C2=C(CCCC2)C(=O)CC1C. The van der Waals surface area contributed by atoms with E-state index in [-0.39, 0.29) is 0 Å². The van der Waals surface area contributed by atoms with Crippen LogP contribution < -0.4 is 0 Å². The van der Waals surface area contributed by atoms with Crippen molar-refractivity contribution in [2.45, 2.75) is 96.6 Å². The summed E-state index contributed by atoms with van der Waals surface area (Å²) in [6.45, 7) is 6.49. The van der Waals surface area contributed by atoms with E-state index < -0.39 is 0 Å². The number of allylic oxidation sites excluding steroid dienone is 4. The molecule has 4 aliphatic rings. The Bertz CT molecular complexity index is 632. The Morgan fingerprint density at radius 1 is 0.704 bits per heavy atom. The lowest BCUT2D eigenvalue weighted by molar-refractivity contribution is -0.118. The average molecular weight is 371 g/mol. The van der Waals surface area contributed by atoms with Gasteiger partial charge in [0.1, 0.15) is 0 Å². The van der Waals surface area contributed by atoms with Crippen LogP contribution in [0.5, 0.6) is 0 Å². The van der Waals surface area contributed by atoms with Crippen LogP contribution in [-0.2, 0) is 9.59 Å². The number of hydrogen-bond donors (Lipinski definition) is 0. The maximum atomic E-state index is 12.4. The van der Waals surface area contributed by atoms with Crippen molar-refractivity contribution >= 4 is 11.6 Å².